The van der Waals surface area contributed by atoms with Crippen LogP contribution in [0.15, 0.2) is 114 Å². The normalized spacial score (nSPS) is 14.5. The molecule has 2 amide bonds. The second kappa shape index (κ2) is 15.1. The minimum Gasteiger partial charge on any atom is -0.355 e. The smallest absolute Gasteiger partial charge is 0.241 e. The maximum Gasteiger partial charge on any atom is 0.241 e. The Morgan fingerprint density at radius 2 is 1.39 bits per heavy atom. The van der Waals surface area contributed by atoms with Gasteiger partial charge in [0.15, 0.2) is 0 Å². The average molecular weight is 588 g/mol. The molecule has 0 aromatic heterocycles. The van der Waals surface area contributed by atoms with Gasteiger partial charge in [0, 0.05) is 35.5 Å². The number of nitrogens with two attached hydrogens (primary N) is 1. The summed E-state index contributed by atoms with van der Waals surface area (Å²) in [6.45, 7) is 1.99. The van der Waals surface area contributed by atoms with Gasteiger partial charge in [-0.1, -0.05) is 98.1 Å². The van der Waals surface area contributed by atoms with Gasteiger partial charge in [-0.2, -0.15) is 5.10 Å². The van der Waals surface area contributed by atoms with Crippen molar-refractivity contribution in [2.24, 2.45) is 16.8 Å². The highest BCUT2D eigenvalue weighted by Gasteiger charge is 2.25. The van der Waals surface area contributed by atoms with Crippen LogP contribution in [0.2, 0.25) is 0 Å². The van der Waals surface area contributed by atoms with Crippen LogP contribution in [0.25, 0.3) is 0 Å². The van der Waals surface area contributed by atoms with Gasteiger partial charge in [-0.15, -0.1) is 0 Å². The number of amides is 2. The first-order valence-corrected chi connectivity index (χ1v) is 15.4. The summed E-state index contributed by atoms with van der Waals surface area (Å²) in [5.74, 6) is -0.0468. The molecule has 4 aromatic carbocycles. The molecule has 0 saturated heterocycles. The van der Waals surface area contributed by atoms with Gasteiger partial charge in [0.1, 0.15) is 0 Å². The molecule has 44 heavy (non-hydrogen) atoms. The fraction of sp³-hybridized carbons (Fsp3) is 0.270. The highest BCUT2D eigenvalue weighted by atomic mass is 16.2. The van der Waals surface area contributed by atoms with Crippen molar-refractivity contribution in [3.63, 3.8) is 0 Å². The molecule has 0 radical (unpaired) electrons. The van der Waals surface area contributed by atoms with E-state index in [-0.39, 0.29) is 17.7 Å². The molecule has 4 N–H and O–H groups in total. The number of anilines is 3. The van der Waals surface area contributed by atoms with E-state index in [9.17, 15) is 9.59 Å². The predicted molar refractivity (Wildman–Crippen MR) is 179 cm³/mol. The van der Waals surface area contributed by atoms with Crippen molar-refractivity contribution in [2.45, 2.75) is 58.0 Å². The molecule has 5 rings (SSSR count). The van der Waals surface area contributed by atoms with Crippen molar-refractivity contribution in [3.8, 4) is 0 Å². The van der Waals surface area contributed by atoms with Gasteiger partial charge in [0.05, 0.1) is 18.3 Å². The lowest BCUT2D eigenvalue weighted by Crippen LogP contribution is -2.37. The van der Waals surface area contributed by atoms with Crippen LogP contribution in [0, 0.1) is 5.92 Å². The molecule has 1 aliphatic rings. The van der Waals surface area contributed by atoms with Gasteiger partial charge in [0.25, 0.3) is 0 Å². The molecule has 1 aliphatic carbocycles. The molecule has 226 valence electrons. The summed E-state index contributed by atoms with van der Waals surface area (Å²) in [6.07, 6.45) is 6.10. The predicted octanol–water partition coefficient (Wildman–Crippen LogP) is 7.27. The lowest BCUT2D eigenvalue weighted by molar-refractivity contribution is -0.129. The Balaban J connectivity index is 1.34. The Bertz CT molecular complexity index is 1550. The minimum absolute atomic E-state index is 0.0891. The second-order valence-electron chi connectivity index (χ2n) is 11.4. The summed E-state index contributed by atoms with van der Waals surface area (Å²) in [5.41, 5.74) is 12.6. The van der Waals surface area contributed by atoms with E-state index in [1.165, 1.54) is 6.42 Å². The second-order valence-corrected chi connectivity index (χ2v) is 11.4. The standard InChI is InChI=1S/C37H41N5O2/c1-27(43)42(26-29-15-7-3-8-16-29)41-36(30-17-9-4-10-18-30)33-19-11-12-20-35(33)39-31-21-23-32(24-22-31)40-37(44)34(38)25-28-13-5-2-6-14-28/h2-3,5-8,11-16,19-24,30,34,39H,4,9-10,17-18,25-26,38H2,1H3,(H,40,44)/b41-36-/t34-/m1/s1. The van der Waals surface area contributed by atoms with Crippen molar-refractivity contribution >= 4 is 34.6 Å². The maximum atomic E-state index is 12.8. The molecular weight excluding hydrogens is 546 g/mol. The van der Waals surface area contributed by atoms with Crippen molar-refractivity contribution in [2.75, 3.05) is 10.6 Å². The van der Waals surface area contributed by atoms with Gasteiger partial charge >= 0.3 is 0 Å². The molecule has 1 atom stereocenters. The summed E-state index contributed by atoms with van der Waals surface area (Å²) in [4.78, 5) is 25.5. The quantitative estimate of drug-likeness (QED) is 0.127. The molecule has 0 unspecified atom stereocenters. The third-order valence-corrected chi connectivity index (χ3v) is 8.03. The lowest BCUT2D eigenvalue weighted by atomic mass is 9.83. The van der Waals surface area contributed by atoms with Crippen molar-refractivity contribution in [3.05, 3.63) is 126 Å². The number of para-hydroxylation sites is 1. The third kappa shape index (κ3) is 8.42. The van der Waals surface area contributed by atoms with E-state index >= 15 is 0 Å². The highest BCUT2D eigenvalue weighted by Crippen LogP contribution is 2.32. The van der Waals surface area contributed by atoms with Crippen LogP contribution in [-0.2, 0) is 22.6 Å². The molecule has 0 heterocycles. The number of hydrogen-bond donors (Lipinski definition) is 3. The van der Waals surface area contributed by atoms with E-state index in [1.54, 1.807) is 11.9 Å². The molecule has 1 saturated carbocycles. The number of hydrogen-bond acceptors (Lipinski definition) is 5. The van der Waals surface area contributed by atoms with Gasteiger partial charge in [-0.25, -0.2) is 5.01 Å². The van der Waals surface area contributed by atoms with E-state index in [4.69, 9.17) is 10.8 Å². The zero-order valence-electron chi connectivity index (χ0n) is 25.3. The van der Waals surface area contributed by atoms with Crippen LogP contribution in [0.5, 0.6) is 0 Å². The molecule has 0 bridgehead atoms. The molecule has 4 aromatic rings. The fourth-order valence-electron chi connectivity index (χ4n) is 5.64. The summed E-state index contributed by atoms with van der Waals surface area (Å²) in [5, 5.41) is 13.1. The van der Waals surface area contributed by atoms with Crippen LogP contribution in [-0.4, -0.2) is 28.6 Å². The number of carbonyl (C=O) groups excluding carboxylic acids is 2. The first-order chi connectivity index (χ1) is 21.5. The molecular formula is C37H41N5O2. The number of rotatable bonds is 11. The molecule has 0 spiro atoms. The Morgan fingerprint density at radius 3 is 2.05 bits per heavy atom. The Morgan fingerprint density at radius 1 is 0.795 bits per heavy atom. The zero-order valence-corrected chi connectivity index (χ0v) is 25.3. The summed E-state index contributed by atoms with van der Waals surface area (Å²) in [6, 6.07) is 34.8. The molecule has 1 fully saturated rings. The van der Waals surface area contributed by atoms with Crippen LogP contribution in [0.3, 0.4) is 0 Å². The fourth-order valence-corrected chi connectivity index (χ4v) is 5.64. The SMILES string of the molecule is CC(=O)N(Cc1ccccc1)/N=C(\c1ccccc1Nc1ccc(NC(=O)[C@H](N)Cc2ccccc2)cc1)C1CCCCC1. The Labute approximate surface area is 260 Å². The van der Waals surface area contributed by atoms with Crippen molar-refractivity contribution < 1.29 is 9.59 Å². The lowest BCUT2D eigenvalue weighted by Gasteiger charge is -2.27. The summed E-state index contributed by atoms with van der Waals surface area (Å²) in [7, 11) is 0. The number of nitrogens with one attached hydrogen (secondary N) is 2. The van der Waals surface area contributed by atoms with Gasteiger partial charge in [0.2, 0.25) is 11.8 Å². The number of carbonyl (C=O) groups is 2. The minimum atomic E-state index is -0.643. The Hall–Kier alpha value is -4.75. The average Bonchev–Trinajstić information content (AvgIpc) is 3.05. The van der Waals surface area contributed by atoms with Crippen molar-refractivity contribution in [1.82, 2.24) is 5.01 Å². The molecule has 0 aliphatic heterocycles. The van der Waals surface area contributed by atoms with Crippen molar-refractivity contribution in [1.29, 1.82) is 0 Å². The highest BCUT2D eigenvalue weighted by molar-refractivity contribution is 6.07. The summed E-state index contributed by atoms with van der Waals surface area (Å²) < 4.78 is 0. The van der Waals surface area contributed by atoms with Crippen LogP contribution in [0.4, 0.5) is 17.1 Å². The topological polar surface area (TPSA) is 99.8 Å². The first kappa shape index (κ1) is 30.7. The van der Waals surface area contributed by atoms with E-state index in [2.05, 4.69) is 16.7 Å². The number of hydrazone groups is 1. The van der Waals surface area contributed by atoms with Gasteiger partial charge in [-0.3, -0.25) is 9.59 Å². The van der Waals surface area contributed by atoms with E-state index in [0.29, 0.717) is 18.7 Å². The zero-order chi connectivity index (χ0) is 30.7. The number of benzene rings is 4. The van der Waals surface area contributed by atoms with Gasteiger partial charge in [-0.05, 0) is 60.7 Å². The first-order valence-electron chi connectivity index (χ1n) is 15.4. The van der Waals surface area contributed by atoms with Crippen LogP contribution in [0.1, 0.15) is 55.7 Å². The van der Waals surface area contributed by atoms with E-state index in [1.807, 2.05) is 103 Å². The number of nitrogens with zero attached hydrogens (tertiary/aromatic N) is 2. The van der Waals surface area contributed by atoms with Gasteiger partial charge < -0.3 is 16.4 Å². The van der Waals surface area contributed by atoms with E-state index < -0.39 is 6.04 Å². The third-order valence-electron chi connectivity index (χ3n) is 8.03. The maximum absolute atomic E-state index is 12.8. The largest absolute Gasteiger partial charge is 0.355 e. The van der Waals surface area contributed by atoms with Crippen LogP contribution < -0.4 is 16.4 Å². The summed E-state index contributed by atoms with van der Waals surface area (Å²) >= 11 is 0. The molecule has 7 nitrogen and oxygen atoms in total. The van der Waals surface area contributed by atoms with Crippen LogP contribution >= 0.6 is 0 Å². The molecule has 7 heteroatoms. The van der Waals surface area contributed by atoms with E-state index in [0.717, 1.165) is 59.5 Å². The Kier molecular flexibility index (Phi) is 10.5. The monoisotopic (exact) mass is 587 g/mol.